The molecule has 0 spiro atoms. The average Bonchev–Trinajstić information content (AvgIpc) is 2.54. The average molecular weight is 166 g/mol. The monoisotopic (exact) mass is 166 g/mol. The lowest BCUT2D eigenvalue weighted by molar-refractivity contribution is 0.349. The number of hydrogen-bond acceptors (Lipinski definition) is 3. The molecular weight excluding hydrogens is 152 g/mol. The Bertz CT molecular complexity index is 251. The van der Waals surface area contributed by atoms with Gasteiger partial charge in [-0.2, -0.15) is 0 Å². The molecule has 3 nitrogen and oxygen atoms in total. The van der Waals surface area contributed by atoms with E-state index in [9.17, 15) is 0 Å². The first-order valence-electron chi connectivity index (χ1n) is 4.43. The molecule has 2 heterocycles. The summed E-state index contributed by atoms with van der Waals surface area (Å²) in [4.78, 5) is 0. The Morgan fingerprint density at radius 2 is 2.42 bits per heavy atom. The number of rotatable bonds is 1. The van der Waals surface area contributed by atoms with E-state index in [1.54, 1.807) is 6.26 Å². The van der Waals surface area contributed by atoms with Crippen LogP contribution in [0.15, 0.2) is 16.7 Å². The molecule has 0 aromatic carbocycles. The molecule has 0 unspecified atom stereocenters. The molecule has 0 radical (unpaired) electrons. The van der Waals surface area contributed by atoms with Gasteiger partial charge in [-0.15, -0.1) is 0 Å². The van der Waals surface area contributed by atoms with Crippen molar-refractivity contribution in [2.24, 2.45) is 0 Å². The molecule has 0 saturated carbocycles. The van der Waals surface area contributed by atoms with Gasteiger partial charge in [0.1, 0.15) is 12.0 Å². The molecule has 66 valence electrons. The lowest BCUT2D eigenvalue weighted by Gasteiger charge is -2.20. The highest BCUT2D eigenvalue weighted by Gasteiger charge is 2.17. The van der Waals surface area contributed by atoms with Crippen molar-refractivity contribution in [1.82, 2.24) is 5.32 Å². The first-order valence-corrected chi connectivity index (χ1v) is 4.43. The molecule has 1 fully saturated rings. The van der Waals surface area contributed by atoms with Crippen LogP contribution in [0.2, 0.25) is 0 Å². The quantitative estimate of drug-likeness (QED) is 0.667. The zero-order valence-corrected chi connectivity index (χ0v) is 7.05. The minimum Gasteiger partial charge on any atom is -0.465 e. The molecule has 3 N–H and O–H groups in total. The third-order valence-electron chi connectivity index (χ3n) is 2.29. The van der Waals surface area contributed by atoms with E-state index in [4.69, 9.17) is 10.2 Å². The smallest absolute Gasteiger partial charge is 0.122 e. The van der Waals surface area contributed by atoms with Gasteiger partial charge < -0.3 is 15.5 Å². The summed E-state index contributed by atoms with van der Waals surface area (Å²) in [6.45, 7) is 1.09. The van der Waals surface area contributed by atoms with E-state index in [0.717, 1.165) is 24.4 Å². The third-order valence-corrected chi connectivity index (χ3v) is 2.29. The highest BCUT2D eigenvalue weighted by Crippen LogP contribution is 2.24. The van der Waals surface area contributed by atoms with Crippen LogP contribution in [0, 0.1) is 0 Å². The SMILES string of the molecule is Nc1coc([C@H]2CCCCN2)c1. The van der Waals surface area contributed by atoms with E-state index in [1.807, 2.05) is 6.07 Å². The van der Waals surface area contributed by atoms with Crippen LogP contribution in [0.25, 0.3) is 0 Å². The summed E-state index contributed by atoms with van der Waals surface area (Å²) in [5, 5.41) is 3.40. The predicted molar refractivity (Wildman–Crippen MR) is 47.7 cm³/mol. The minimum atomic E-state index is 0.385. The second-order valence-electron chi connectivity index (χ2n) is 3.28. The maximum absolute atomic E-state index is 5.56. The molecule has 2 rings (SSSR count). The van der Waals surface area contributed by atoms with Gasteiger partial charge in [-0.1, -0.05) is 6.42 Å². The van der Waals surface area contributed by atoms with E-state index in [1.165, 1.54) is 12.8 Å². The Balaban J connectivity index is 2.08. The lowest BCUT2D eigenvalue weighted by Crippen LogP contribution is -2.26. The van der Waals surface area contributed by atoms with E-state index in [2.05, 4.69) is 5.32 Å². The molecule has 0 aliphatic carbocycles. The van der Waals surface area contributed by atoms with Gasteiger partial charge >= 0.3 is 0 Å². The van der Waals surface area contributed by atoms with Gasteiger partial charge in [-0.25, -0.2) is 0 Å². The van der Waals surface area contributed by atoms with Crippen molar-refractivity contribution in [2.75, 3.05) is 12.3 Å². The summed E-state index contributed by atoms with van der Waals surface area (Å²) in [5.41, 5.74) is 6.28. The minimum absolute atomic E-state index is 0.385. The largest absolute Gasteiger partial charge is 0.465 e. The van der Waals surface area contributed by atoms with Crippen LogP contribution in [0.5, 0.6) is 0 Å². The summed E-state index contributed by atoms with van der Waals surface area (Å²) in [6, 6.07) is 2.29. The molecule has 0 amide bonds. The van der Waals surface area contributed by atoms with Gasteiger partial charge in [-0.3, -0.25) is 0 Å². The van der Waals surface area contributed by atoms with Gasteiger partial charge in [0.2, 0.25) is 0 Å². The fraction of sp³-hybridized carbons (Fsp3) is 0.556. The Kier molecular flexibility index (Phi) is 2.04. The molecule has 1 atom stereocenters. The highest BCUT2D eigenvalue weighted by atomic mass is 16.3. The molecule has 0 bridgehead atoms. The fourth-order valence-electron chi connectivity index (χ4n) is 1.65. The van der Waals surface area contributed by atoms with Crippen LogP contribution in [-0.2, 0) is 0 Å². The number of hydrogen-bond donors (Lipinski definition) is 2. The number of nitrogens with two attached hydrogens (primary N) is 1. The second kappa shape index (κ2) is 3.19. The Hall–Kier alpha value is -0.960. The summed E-state index contributed by atoms with van der Waals surface area (Å²) >= 11 is 0. The van der Waals surface area contributed by atoms with Crippen molar-refractivity contribution >= 4 is 5.69 Å². The van der Waals surface area contributed by atoms with Crippen LogP contribution in [0.4, 0.5) is 5.69 Å². The van der Waals surface area contributed by atoms with Crippen molar-refractivity contribution in [3.05, 3.63) is 18.1 Å². The molecular formula is C9H14N2O. The molecule has 1 aromatic rings. The number of furan rings is 1. The van der Waals surface area contributed by atoms with Crippen LogP contribution in [0.1, 0.15) is 31.1 Å². The first-order chi connectivity index (χ1) is 5.86. The molecule has 3 heteroatoms. The van der Waals surface area contributed by atoms with E-state index >= 15 is 0 Å². The molecule has 1 saturated heterocycles. The van der Waals surface area contributed by atoms with Crippen molar-refractivity contribution in [3.8, 4) is 0 Å². The number of piperidine rings is 1. The predicted octanol–water partition coefficient (Wildman–Crippen LogP) is 1.68. The van der Waals surface area contributed by atoms with E-state index in [0.29, 0.717) is 6.04 Å². The summed E-state index contributed by atoms with van der Waals surface area (Å²) < 4.78 is 5.32. The summed E-state index contributed by atoms with van der Waals surface area (Å²) in [5.74, 6) is 0.979. The Labute approximate surface area is 71.9 Å². The summed E-state index contributed by atoms with van der Waals surface area (Å²) in [6.07, 6.45) is 5.31. The Morgan fingerprint density at radius 1 is 1.50 bits per heavy atom. The van der Waals surface area contributed by atoms with Crippen LogP contribution < -0.4 is 11.1 Å². The topological polar surface area (TPSA) is 51.2 Å². The summed E-state index contributed by atoms with van der Waals surface area (Å²) in [7, 11) is 0. The van der Waals surface area contributed by atoms with E-state index in [-0.39, 0.29) is 0 Å². The second-order valence-corrected chi connectivity index (χ2v) is 3.28. The van der Waals surface area contributed by atoms with Crippen molar-refractivity contribution in [3.63, 3.8) is 0 Å². The molecule has 1 aromatic heterocycles. The zero-order chi connectivity index (χ0) is 8.39. The van der Waals surface area contributed by atoms with Crippen LogP contribution in [0.3, 0.4) is 0 Å². The maximum atomic E-state index is 5.56. The molecule has 1 aliphatic heterocycles. The number of anilines is 1. The van der Waals surface area contributed by atoms with Gasteiger partial charge in [0.05, 0.1) is 11.7 Å². The van der Waals surface area contributed by atoms with Crippen LogP contribution >= 0.6 is 0 Å². The zero-order valence-electron chi connectivity index (χ0n) is 7.05. The molecule has 1 aliphatic rings. The molecule has 12 heavy (non-hydrogen) atoms. The normalized spacial score (nSPS) is 24.2. The van der Waals surface area contributed by atoms with Crippen molar-refractivity contribution < 1.29 is 4.42 Å². The highest BCUT2D eigenvalue weighted by molar-refractivity contribution is 5.36. The first kappa shape index (κ1) is 7.68. The Morgan fingerprint density at radius 3 is 3.00 bits per heavy atom. The van der Waals surface area contributed by atoms with E-state index < -0.39 is 0 Å². The van der Waals surface area contributed by atoms with Gasteiger partial charge in [0.15, 0.2) is 0 Å². The lowest BCUT2D eigenvalue weighted by atomic mass is 10.0. The fourth-order valence-corrected chi connectivity index (χ4v) is 1.65. The van der Waals surface area contributed by atoms with Crippen LogP contribution in [-0.4, -0.2) is 6.54 Å². The van der Waals surface area contributed by atoms with Crippen molar-refractivity contribution in [1.29, 1.82) is 0 Å². The number of nitrogens with one attached hydrogen (secondary N) is 1. The van der Waals surface area contributed by atoms with Gasteiger partial charge in [-0.05, 0) is 19.4 Å². The van der Waals surface area contributed by atoms with Gasteiger partial charge in [0.25, 0.3) is 0 Å². The third kappa shape index (κ3) is 1.46. The van der Waals surface area contributed by atoms with Gasteiger partial charge in [0, 0.05) is 6.07 Å². The number of nitrogen functional groups attached to an aromatic ring is 1. The maximum Gasteiger partial charge on any atom is 0.122 e. The van der Waals surface area contributed by atoms with Crippen molar-refractivity contribution in [2.45, 2.75) is 25.3 Å². The standard InChI is InChI=1S/C9H14N2O/c10-7-5-9(12-6-7)8-3-1-2-4-11-8/h5-6,8,11H,1-4,10H2/t8-/m1/s1.